The van der Waals surface area contributed by atoms with E-state index in [4.69, 9.17) is 0 Å². The van der Waals surface area contributed by atoms with Crippen molar-refractivity contribution in [2.45, 2.75) is 33.1 Å². The van der Waals surface area contributed by atoms with Gasteiger partial charge in [-0.15, -0.1) is 5.10 Å². The summed E-state index contributed by atoms with van der Waals surface area (Å²) in [6.45, 7) is 4.72. The third-order valence-electron chi connectivity index (χ3n) is 1.66. The maximum atomic E-state index is 12.4. The lowest BCUT2D eigenvalue weighted by Gasteiger charge is -1.97. The molecule has 0 amide bonds. The molecule has 0 N–H and O–H groups in total. The molecule has 4 nitrogen and oxygen atoms in total. The van der Waals surface area contributed by atoms with E-state index in [9.17, 15) is 13.6 Å². The molecular formula is C8H11F2N3O. The van der Waals surface area contributed by atoms with E-state index in [1.165, 1.54) is 6.92 Å². The summed E-state index contributed by atoms with van der Waals surface area (Å²) in [5.74, 6) is -0.954. The number of hydrogen-bond acceptors (Lipinski definition) is 3. The van der Waals surface area contributed by atoms with E-state index in [1.54, 1.807) is 13.8 Å². The van der Waals surface area contributed by atoms with E-state index in [0.717, 1.165) is 0 Å². The van der Waals surface area contributed by atoms with E-state index >= 15 is 0 Å². The fraction of sp³-hybridized carbons (Fsp3) is 0.625. The van der Waals surface area contributed by atoms with Gasteiger partial charge in [0, 0.05) is 12.8 Å². The van der Waals surface area contributed by atoms with Crippen LogP contribution in [0.4, 0.5) is 8.78 Å². The Kier molecular flexibility index (Phi) is 2.93. The number of alkyl halides is 2. The molecule has 1 rings (SSSR count). The van der Waals surface area contributed by atoms with Gasteiger partial charge in [0.25, 0.3) is 6.43 Å². The lowest BCUT2D eigenvalue weighted by Crippen LogP contribution is -2.12. The number of nitrogens with zero attached hydrogens (tertiary/aromatic N) is 3. The minimum Gasteiger partial charge on any atom is -0.273 e. The molecule has 14 heavy (non-hydrogen) atoms. The van der Waals surface area contributed by atoms with Crippen LogP contribution in [0.1, 0.15) is 49.6 Å². The molecule has 0 saturated heterocycles. The van der Waals surface area contributed by atoms with Crippen molar-refractivity contribution in [1.29, 1.82) is 0 Å². The van der Waals surface area contributed by atoms with Crippen LogP contribution in [-0.2, 0) is 0 Å². The highest BCUT2D eigenvalue weighted by atomic mass is 19.3. The second kappa shape index (κ2) is 3.81. The van der Waals surface area contributed by atoms with Gasteiger partial charge in [0.15, 0.2) is 5.82 Å². The average molecular weight is 203 g/mol. The third-order valence-corrected chi connectivity index (χ3v) is 1.66. The van der Waals surface area contributed by atoms with Crippen LogP contribution >= 0.6 is 0 Å². The smallest absolute Gasteiger partial charge is 0.273 e. The Morgan fingerprint density at radius 2 is 2.00 bits per heavy atom. The molecule has 0 radical (unpaired) electrons. The van der Waals surface area contributed by atoms with Crippen molar-refractivity contribution in [3.63, 3.8) is 0 Å². The molecule has 78 valence electrons. The van der Waals surface area contributed by atoms with E-state index in [-0.39, 0.29) is 11.7 Å². The molecule has 0 spiro atoms. The van der Waals surface area contributed by atoms with Crippen LogP contribution in [0.15, 0.2) is 0 Å². The Labute approximate surface area is 79.9 Å². The van der Waals surface area contributed by atoms with Crippen LogP contribution in [0.2, 0.25) is 0 Å². The summed E-state index contributed by atoms with van der Waals surface area (Å²) in [6.07, 6.45) is -2.78. The summed E-state index contributed by atoms with van der Waals surface area (Å²) in [7, 11) is 0. The third kappa shape index (κ3) is 1.94. The molecular weight excluding hydrogens is 192 g/mol. The van der Waals surface area contributed by atoms with E-state index in [0.29, 0.717) is 4.68 Å². The van der Waals surface area contributed by atoms with Crippen molar-refractivity contribution in [3.05, 3.63) is 11.6 Å². The predicted molar refractivity (Wildman–Crippen MR) is 45.4 cm³/mol. The van der Waals surface area contributed by atoms with Crippen molar-refractivity contribution in [2.24, 2.45) is 0 Å². The van der Waals surface area contributed by atoms with Gasteiger partial charge < -0.3 is 0 Å². The SMILES string of the molecule is CC(=O)n1nc(C(C)C)nc1C(F)F. The first-order valence-electron chi connectivity index (χ1n) is 4.19. The van der Waals surface area contributed by atoms with Gasteiger partial charge in [0.1, 0.15) is 0 Å². The van der Waals surface area contributed by atoms with E-state index in [2.05, 4.69) is 10.1 Å². The highest BCUT2D eigenvalue weighted by Crippen LogP contribution is 2.19. The zero-order chi connectivity index (χ0) is 10.9. The fourth-order valence-electron chi connectivity index (χ4n) is 0.958. The fourth-order valence-corrected chi connectivity index (χ4v) is 0.958. The number of carbonyl (C=O) groups is 1. The molecule has 0 aromatic carbocycles. The molecule has 0 atom stereocenters. The summed E-state index contributed by atoms with van der Waals surface area (Å²) < 4.78 is 25.4. The molecule has 0 unspecified atom stereocenters. The summed E-state index contributed by atoms with van der Waals surface area (Å²) in [4.78, 5) is 14.5. The Balaban J connectivity index is 3.19. The Hall–Kier alpha value is -1.33. The number of rotatable bonds is 2. The van der Waals surface area contributed by atoms with Crippen molar-refractivity contribution in [1.82, 2.24) is 14.8 Å². The Morgan fingerprint density at radius 3 is 2.29 bits per heavy atom. The summed E-state index contributed by atoms with van der Waals surface area (Å²) >= 11 is 0. The molecule has 6 heteroatoms. The van der Waals surface area contributed by atoms with Gasteiger partial charge in [-0.05, 0) is 0 Å². The van der Waals surface area contributed by atoms with Crippen LogP contribution in [0, 0.1) is 0 Å². The highest BCUT2D eigenvalue weighted by Gasteiger charge is 2.21. The Morgan fingerprint density at radius 1 is 1.43 bits per heavy atom. The summed E-state index contributed by atoms with van der Waals surface area (Å²) in [5, 5.41) is 3.71. The lowest BCUT2D eigenvalue weighted by molar-refractivity contribution is 0.0869. The monoisotopic (exact) mass is 203 g/mol. The normalized spacial score (nSPS) is 11.4. The van der Waals surface area contributed by atoms with Crippen LogP contribution in [0.25, 0.3) is 0 Å². The maximum absolute atomic E-state index is 12.4. The minimum atomic E-state index is -2.78. The largest absolute Gasteiger partial charge is 0.297 e. The van der Waals surface area contributed by atoms with Gasteiger partial charge in [0.2, 0.25) is 11.7 Å². The molecule has 0 aliphatic carbocycles. The zero-order valence-electron chi connectivity index (χ0n) is 8.16. The molecule has 0 bridgehead atoms. The second-order valence-electron chi connectivity index (χ2n) is 3.21. The molecule has 1 aromatic heterocycles. The first-order chi connectivity index (χ1) is 6.43. The first kappa shape index (κ1) is 10.7. The number of hydrogen-bond donors (Lipinski definition) is 0. The van der Waals surface area contributed by atoms with E-state index in [1.807, 2.05) is 0 Å². The molecule has 1 aromatic rings. The van der Waals surface area contributed by atoms with Gasteiger partial charge in [0.05, 0.1) is 0 Å². The highest BCUT2D eigenvalue weighted by molar-refractivity contribution is 5.75. The second-order valence-corrected chi connectivity index (χ2v) is 3.21. The van der Waals surface area contributed by atoms with Gasteiger partial charge >= 0.3 is 0 Å². The topological polar surface area (TPSA) is 47.8 Å². The van der Waals surface area contributed by atoms with Crippen molar-refractivity contribution < 1.29 is 13.6 Å². The van der Waals surface area contributed by atoms with Crippen molar-refractivity contribution in [2.75, 3.05) is 0 Å². The van der Waals surface area contributed by atoms with Gasteiger partial charge in [-0.3, -0.25) is 4.79 Å². The van der Waals surface area contributed by atoms with Gasteiger partial charge in [-0.25, -0.2) is 13.8 Å². The first-order valence-corrected chi connectivity index (χ1v) is 4.19. The van der Waals surface area contributed by atoms with Crippen molar-refractivity contribution >= 4 is 5.91 Å². The summed E-state index contributed by atoms with van der Waals surface area (Å²) in [6, 6.07) is 0. The van der Waals surface area contributed by atoms with Crippen LogP contribution in [0.3, 0.4) is 0 Å². The number of aromatic nitrogens is 3. The Bertz CT molecular complexity index is 346. The van der Waals surface area contributed by atoms with E-state index < -0.39 is 18.2 Å². The van der Waals surface area contributed by atoms with Crippen LogP contribution < -0.4 is 0 Å². The average Bonchev–Trinajstić information content (AvgIpc) is 2.47. The maximum Gasteiger partial charge on any atom is 0.297 e. The molecule has 1 heterocycles. The minimum absolute atomic E-state index is 0.0758. The lowest BCUT2D eigenvalue weighted by atomic mass is 10.2. The molecule has 0 aliphatic heterocycles. The molecule has 0 aliphatic rings. The standard InChI is InChI=1S/C8H11F2N3O/c1-4(2)7-11-8(6(9)10)13(12-7)5(3)14/h4,6H,1-3H3. The molecule has 0 saturated carbocycles. The quantitative estimate of drug-likeness (QED) is 0.738. The van der Waals surface area contributed by atoms with Gasteiger partial charge in [-0.2, -0.15) is 4.68 Å². The predicted octanol–water partition coefficient (Wildman–Crippen LogP) is 2.00. The van der Waals surface area contributed by atoms with Crippen LogP contribution in [-0.4, -0.2) is 20.7 Å². The summed E-state index contributed by atoms with van der Waals surface area (Å²) in [5.41, 5.74) is 0. The van der Waals surface area contributed by atoms with Crippen molar-refractivity contribution in [3.8, 4) is 0 Å². The number of halogens is 2. The number of carbonyl (C=O) groups excluding carboxylic acids is 1. The molecule has 0 fully saturated rings. The van der Waals surface area contributed by atoms with Gasteiger partial charge in [-0.1, -0.05) is 13.8 Å². The van der Waals surface area contributed by atoms with Crippen LogP contribution in [0.5, 0.6) is 0 Å². The zero-order valence-corrected chi connectivity index (χ0v) is 8.16.